The van der Waals surface area contributed by atoms with Gasteiger partial charge in [0.2, 0.25) is 5.43 Å². The van der Waals surface area contributed by atoms with Crippen molar-refractivity contribution in [2.75, 3.05) is 5.32 Å². The standard InChI is InChI=1S/C21H18N6OS2/c1-3-26-11-17(18(28)16-9-4-13(2)24-19(16)26)20-25-27(21(29)30-20)12-23-15-7-5-14(10-22)6-8-15/h4-9,11,23H,3,12H2,1-2H3. The van der Waals surface area contributed by atoms with Gasteiger partial charge in [-0.3, -0.25) is 4.79 Å². The number of aryl methyl sites for hydroxylation is 2. The SMILES string of the molecule is CCn1cc(-c2nn(CNc3ccc(C#N)cc3)c(=S)s2)c(=O)c2ccc(C)nc21. The summed E-state index contributed by atoms with van der Waals surface area (Å²) >= 11 is 6.76. The fourth-order valence-corrected chi connectivity index (χ4v) is 4.21. The van der Waals surface area contributed by atoms with E-state index in [1.165, 1.54) is 11.3 Å². The molecular formula is C21H18N6OS2. The summed E-state index contributed by atoms with van der Waals surface area (Å²) in [6.07, 6.45) is 1.81. The Bertz CT molecular complexity index is 1390. The number of benzene rings is 1. The molecule has 0 bridgehead atoms. The number of hydrogen-bond donors (Lipinski definition) is 1. The topological polar surface area (TPSA) is 88.5 Å². The van der Waals surface area contributed by atoms with Crippen molar-refractivity contribution in [2.24, 2.45) is 0 Å². The molecule has 7 nitrogen and oxygen atoms in total. The molecule has 0 radical (unpaired) electrons. The molecule has 0 amide bonds. The van der Waals surface area contributed by atoms with Gasteiger partial charge in [-0.1, -0.05) is 11.3 Å². The average molecular weight is 435 g/mol. The van der Waals surface area contributed by atoms with Crippen LogP contribution in [-0.2, 0) is 13.2 Å². The summed E-state index contributed by atoms with van der Waals surface area (Å²) in [6, 6.07) is 12.9. The normalized spacial score (nSPS) is 10.8. The molecule has 0 aliphatic heterocycles. The van der Waals surface area contributed by atoms with Crippen LogP contribution in [-0.4, -0.2) is 19.3 Å². The lowest BCUT2D eigenvalue weighted by Gasteiger charge is -2.10. The first-order chi connectivity index (χ1) is 14.5. The lowest BCUT2D eigenvalue weighted by molar-refractivity contribution is 0.665. The van der Waals surface area contributed by atoms with Crippen molar-refractivity contribution >= 4 is 40.3 Å². The molecule has 0 saturated heterocycles. The van der Waals surface area contributed by atoms with Crippen molar-refractivity contribution in [1.82, 2.24) is 19.3 Å². The van der Waals surface area contributed by atoms with E-state index in [1.54, 1.807) is 16.8 Å². The average Bonchev–Trinajstić information content (AvgIpc) is 3.13. The van der Waals surface area contributed by atoms with Gasteiger partial charge < -0.3 is 9.88 Å². The third-order valence-electron chi connectivity index (χ3n) is 4.68. The second kappa shape index (κ2) is 8.18. The molecule has 9 heteroatoms. The first kappa shape index (κ1) is 19.9. The van der Waals surface area contributed by atoms with Crippen molar-refractivity contribution in [1.29, 1.82) is 5.26 Å². The molecule has 0 atom stereocenters. The summed E-state index contributed by atoms with van der Waals surface area (Å²) in [6.45, 7) is 4.97. The molecule has 30 heavy (non-hydrogen) atoms. The zero-order chi connectivity index (χ0) is 21.3. The van der Waals surface area contributed by atoms with Crippen LogP contribution in [0, 0.1) is 22.2 Å². The Kier molecular flexibility index (Phi) is 5.44. The number of pyridine rings is 2. The number of fused-ring (bicyclic) bond motifs is 1. The summed E-state index contributed by atoms with van der Waals surface area (Å²) in [5.41, 5.74) is 3.41. The molecule has 150 valence electrons. The molecule has 1 N–H and O–H groups in total. The number of hydrogen-bond acceptors (Lipinski definition) is 7. The lowest BCUT2D eigenvalue weighted by atomic mass is 10.2. The van der Waals surface area contributed by atoms with E-state index in [0.717, 1.165) is 11.4 Å². The van der Waals surface area contributed by atoms with Gasteiger partial charge in [0.15, 0.2) is 8.96 Å². The van der Waals surface area contributed by atoms with Crippen LogP contribution >= 0.6 is 23.6 Å². The number of aromatic nitrogens is 4. The van der Waals surface area contributed by atoms with E-state index in [2.05, 4.69) is 21.5 Å². The maximum Gasteiger partial charge on any atom is 0.201 e. The molecular weight excluding hydrogens is 416 g/mol. The van der Waals surface area contributed by atoms with Crippen molar-refractivity contribution in [3.63, 3.8) is 0 Å². The minimum atomic E-state index is -0.0989. The van der Waals surface area contributed by atoms with E-state index in [4.69, 9.17) is 17.5 Å². The molecule has 0 unspecified atom stereocenters. The fraction of sp³-hybridized carbons (Fsp3) is 0.190. The molecule has 0 fully saturated rings. The van der Waals surface area contributed by atoms with E-state index in [1.807, 2.05) is 48.9 Å². The number of rotatable bonds is 5. The quantitative estimate of drug-likeness (QED) is 0.471. The summed E-state index contributed by atoms with van der Waals surface area (Å²) in [5, 5.41) is 17.8. The monoisotopic (exact) mass is 434 g/mol. The first-order valence-electron chi connectivity index (χ1n) is 9.33. The smallest absolute Gasteiger partial charge is 0.201 e. The molecule has 3 heterocycles. The largest absolute Gasteiger partial charge is 0.366 e. The predicted molar refractivity (Wildman–Crippen MR) is 121 cm³/mol. The van der Waals surface area contributed by atoms with Crippen LogP contribution in [0.5, 0.6) is 0 Å². The summed E-state index contributed by atoms with van der Waals surface area (Å²) < 4.78 is 4.18. The maximum atomic E-state index is 13.1. The maximum absolute atomic E-state index is 13.1. The van der Waals surface area contributed by atoms with E-state index >= 15 is 0 Å². The Morgan fingerprint density at radius 2 is 2.00 bits per heavy atom. The van der Waals surface area contributed by atoms with Crippen LogP contribution in [0.2, 0.25) is 0 Å². The van der Waals surface area contributed by atoms with Gasteiger partial charge in [-0.25, -0.2) is 9.67 Å². The highest BCUT2D eigenvalue weighted by Gasteiger charge is 2.15. The predicted octanol–water partition coefficient (Wildman–Crippen LogP) is 4.32. The van der Waals surface area contributed by atoms with Gasteiger partial charge in [-0.15, -0.1) is 0 Å². The van der Waals surface area contributed by atoms with Gasteiger partial charge in [0.05, 0.1) is 22.6 Å². The number of anilines is 1. The molecule has 4 rings (SSSR count). The Hall–Kier alpha value is -3.35. The van der Waals surface area contributed by atoms with Crippen molar-refractivity contribution < 1.29 is 0 Å². The van der Waals surface area contributed by atoms with E-state index < -0.39 is 0 Å². The third-order valence-corrected chi connectivity index (χ3v) is 6.03. The molecule has 4 aromatic rings. The van der Waals surface area contributed by atoms with Crippen LogP contribution in [0.4, 0.5) is 5.69 Å². The summed E-state index contributed by atoms with van der Waals surface area (Å²) in [7, 11) is 0. The Balaban J connectivity index is 1.68. The van der Waals surface area contributed by atoms with Gasteiger partial charge in [0, 0.05) is 24.1 Å². The molecule has 0 saturated carbocycles. The molecule has 0 aliphatic rings. The van der Waals surface area contributed by atoms with Crippen LogP contribution < -0.4 is 10.7 Å². The Morgan fingerprint density at radius 1 is 1.23 bits per heavy atom. The van der Waals surface area contributed by atoms with E-state index in [0.29, 0.717) is 44.3 Å². The third kappa shape index (κ3) is 3.75. The van der Waals surface area contributed by atoms with E-state index in [-0.39, 0.29) is 5.43 Å². The first-order valence-corrected chi connectivity index (χ1v) is 10.6. The highest BCUT2D eigenvalue weighted by atomic mass is 32.1. The minimum Gasteiger partial charge on any atom is -0.366 e. The minimum absolute atomic E-state index is 0.0989. The highest BCUT2D eigenvalue weighted by molar-refractivity contribution is 7.73. The molecule has 0 aliphatic carbocycles. The van der Waals surface area contributed by atoms with Gasteiger partial charge in [-0.2, -0.15) is 10.4 Å². The zero-order valence-electron chi connectivity index (χ0n) is 16.4. The van der Waals surface area contributed by atoms with Crippen LogP contribution in [0.25, 0.3) is 21.6 Å². The fourth-order valence-electron chi connectivity index (χ4n) is 3.10. The number of nitrogens with zero attached hydrogens (tertiary/aromatic N) is 5. The Morgan fingerprint density at radius 3 is 2.70 bits per heavy atom. The van der Waals surface area contributed by atoms with Crippen LogP contribution in [0.1, 0.15) is 18.2 Å². The zero-order valence-corrected chi connectivity index (χ0v) is 18.0. The van der Waals surface area contributed by atoms with Gasteiger partial charge in [0.1, 0.15) is 12.3 Å². The summed E-state index contributed by atoms with van der Waals surface area (Å²) in [5.74, 6) is 0. The number of nitrogens with one attached hydrogen (secondary N) is 1. The van der Waals surface area contributed by atoms with Gasteiger partial charge in [0.25, 0.3) is 0 Å². The van der Waals surface area contributed by atoms with Gasteiger partial charge in [-0.05, 0) is 62.5 Å². The summed E-state index contributed by atoms with van der Waals surface area (Å²) in [4.78, 5) is 17.6. The van der Waals surface area contributed by atoms with Crippen molar-refractivity contribution in [2.45, 2.75) is 27.1 Å². The molecule has 1 aromatic carbocycles. The number of nitriles is 1. The molecule has 3 aromatic heterocycles. The molecule has 0 spiro atoms. The lowest BCUT2D eigenvalue weighted by Crippen LogP contribution is -2.14. The second-order valence-corrected chi connectivity index (χ2v) is 8.30. The van der Waals surface area contributed by atoms with Crippen LogP contribution in [0.15, 0.2) is 47.4 Å². The van der Waals surface area contributed by atoms with Crippen molar-refractivity contribution in [3.8, 4) is 16.6 Å². The van der Waals surface area contributed by atoms with Crippen molar-refractivity contribution in [3.05, 3.63) is 68.0 Å². The highest BCUT2D eigenvalue weighted by Crippen LogP contribution is 2.23. The van der Waals surface area contributed by atoms with Gasteiger partial charge >= 0.3 is 0 Å². The van der Waals surface area contributed by atoms with Crippen LogP contribution in [0.3, 0.4) is 0 Å². The second-order valence-electron chi connectivity index (χ2n) is 6.68. The van der Waals surface area contributed by atoms with E-state index in [9.17, 15) is 4.79 Å². The Labute approximate surface area is 181 Å².